The van der Waals surface area contributed by atoms with Gasteiger partial charge in [0.1, 0.15) is 28.2 Å². The highest BCUT2D eigenvalue weighted by Gasteiger charge is 2.23. The standard InChI is InChI=1S/C39H35N3O6S/c1-46-31-18-14-29(15-19-31)41-39(45)36(26-10-6-4-7-11-26)49-33-21-16-30(17-22-33)40-38(44)34(42-37(43)27-12-8-5-9-13-27)25-28-24-32(47-2)20-23-35(28)48-3/h4-25,36H,1-3H3,(H,40,44)(H,41,45)(H,42,43)/b34-25-. The molecule has 0 aliphatic rings. The van der Waals surface area contributed by atoms with Gasteiger partial charge in [0.25, 0.3) is 11.8 Å². The van der Waals surface area contributed by atoms with Crippen molar-refractivity contribution < 1.29 is 28.6 Å². The third kappa shape index (κ3) is 9.30. The second-order valence-electron chi connectivity index (χ2n) is 10.6. The summed E-state index contributed by atoms with van der Waals surface area (Å²) in [4.78, 5) is 41.1. The zero-order chi connectivity index (χ0) is 34.6. The number of methoxy groups -OCH3 is 3. The fourth-order valence-corrected chi connectivity index (χ4v) is 5.81. The molecule has 0 aromatic heterocycles. The summed E-state index contributed by atoms with van der Waals surface area (Å²) in [7, 11) is 4.65. The van der Waals surface area contributed by atoms with Gasteiger partial charge in [-0.15, -0.1) is 11.8 Å². The maximum Gasteiger partial charge on any atom is 0.272 e. The van der Waals surface area contributed by atoms with E-state index >= 15 is 0 Å². The molecule has 5 aromatic carbocycles. The zero-order valence-corrected chi connectivity index (χ0v) is 28.0. The number of carbonyl (C=O) groups is 3. The summed E-state index contributed by atoms with van der Waals surface area (Å²) < 4.78 is 16.1. The molecule has 0 spiro atoms. The molecular formula is C39H35N3O6S. The number of hydrogen-bond acceptors (Lipinski definition) is 7. The van der Waals surface area contributed by atoms with Gasteiger partial charge in [0, 0.05) is 27.4 Å². The van der Waals surface area contributed by atoms with Gasteiger partial charge in [-0.25, -0.2) is 0 Å². The molecule has 3 amide bonds. The van der Waals surface area contributed by atoms with E-state index in [4.69, 9.17) is 14.2 Å². The third-order valence-corrected chi connectivity index (χ3v) is 8.60. The van der Waals surface area contributed by atoms with Crippen molar-refractivity contribution in [3.63, 3.8) is 0 Å². The SMILES string of the molecule is COc1ccc(NC(=O)C(Sc2ccc(NC(=O)/C(=C/c3cc(OC)ccc3OC)NC(=O)c3ccccc3)cc2)c2ccccc2)cc1. The van der Waals surface area contributed by atoms with Gasteiger partial charge in [0.15, 0.2) is 0 Å². The van der Waals surface area contributed by atoms with E-state index in [0.717, 1.165) is 10.5 Å². The van der Waals surface area contributed by atoms with Gasteiger partial charge in [0.05, 0.1) is 21.3 Å². The fraction of sp³-hybridized carbons (Fsp3) is 0.103. The summed E-state index contributed by atoms with van der Waals surface area (Å²) in [5.74, 6) is 0.563. The molecule has 49 heavy (non-hydrogen) atoms. The summed E-state index contributed by atoms with van der Waals surface area (Å²) in [6, 6.07) is 37.6. The Morgan fingerprint density at radius 3 is 1.88 bits per heavy atom. The van der Waals surface area contributed by atoms with E-state index in [9.17, 15) is 14.4 Å². The first-order chi connectivity index (χ1) is 23.9. The van der Waals surface area contributed by atoms with E-state index in [1.165, 1.54) is 32.1 Å². The minimum absolute atomic E-state index is 0.00166. The highest BCUT2D eigenvalue weighted by atomic mass is 32.2. The number of thioether (sulfide) groups is 1. The number of carbonyl (C=O) groups excluding carboxylic acids is 3. The van der Waals surface area contributed by atoms with Gasteiger partial charge < -0.3 is 30.2 Å². The second kappa shape index (κ2) is 16.7. The number of benzene rings is 5. The lowest BCUT2D eigenvalue weighted by Crippen LogP contribution is -2.30. The van der Waals surface area contributed by atoms with Crippen LogP contribution in [0, 0.1) is 0 Å². The molecule has 0 fully saturated rings. The normalized spacial score (nSPS) is 11.5. The minimum Gasteiger partial charge on any atom is -0.497 e. The lowest BCUT2D eigenvalue weighted by atomic mass is 10.1. The quantitative estimate of drug-likeness (QED) is 0.0872. The Labute approximate surface area is 289 Å². The number of amides is 3. The Bertz CT molecular complexity index is 1920. The zero-order valence-electron chi connectivity index (χ0n) is 27.1. The van der Waals surface area contributed by atoms with E-state index < -0.39 is 17.1 Å². The van der Waals surface area contributed by atoms with Crippen LogP contribution < -0.4 is 30.2 Å². The largest absolute Gasteiger partial charge is 0.497 e. The average molecular weight is 674 g/mol. The molecule has 1 unspecified atom stereocenters. The Morgan fingerprint density at radius 1 is 0.653 bits per heavy atom. The lowest BCUT2D eigenvalue weighted by Gasteiger charge is -2.18. The van der Waals surface area contributed by atoms with Crippen LogP contribution >= 0.6 is 11.8 Å². The number of hydrogen-bond donors (Lipinski definition) is 3. The van der Waals surface area contributed by atoms with Crippen molar-refractivity contribution in [2.45, 2.75) is 10.1 Å². The van der Waals surface area contributed by atoms with Crippen molar-refractivity contribution >= 4 is 46.9 Å². The van der Waals surface area contributed by atoms with E-state index in [-0.39, 0.29) is 11.6 Å². The summed E-state index contributed by atoms with van der Waals surface area (Å²) in [5.41, 5.74) is 2.91. The molecule has 9 nitrogen and oxygen atoms in total. The lowest BCUT2D eigenvalue weighted by molar-refractivity contribution is -0.116. The van der Waals surface area contributed by atoms with E-state index in [1.807, 2.05) is 42.5 Å². The molecule has 0 aliphatic carbocycles. The van der Waals surface area contributed by atoms with Gasteiger partial charge in [0.2, 0.25) is 5.91 Å². The maximum absolute atomic E-state index is 13.7. The highest BCUT2D eigenvalue weighted by Crippen LogP contribution is 2.37. The van der Waals surface area contributed by atoms with E-state index in [2.05, 4.69) is 16.0 Å². The van der Waals surface area contributed by atoms with Crippen molar-refractivity contribution in [3.05, 3.63) is 150 Å². The Hall–Kier alpha value is -6.00. The number of anilines is 2. The molecule has 0 saturated carbocycles. The van der Waals surface area contributed by atoms with Crippen molar-refractivity contribution in [2.24, 2.45) is 0 Å². The molecule has 0 radical (unpaired) electrons. The van der Waals surface area contributed by atoms with E-state index in [0.29, 0.717) is 39.8 Å². The third-order valence-electron chi connectivity index (χ3n) is 7.33. The van der Waals surface area contributed by atoms with Crippen LogP contribution in [0.15, 0.2) is 138 Å². The Morgan fingerprint density at radius 2 is 1.24 bits per heavy atom. The first-order valence-corrected chi connectivity index (χ1v) is 16.1. The molecule has 1 atom stereocenters. The molecule has 10 heteroatoms. The summed E-state index contributed by atoms with van der Waals surface area (Å²) in [6.07, 6.45) is 1.54. The molecule has 0 saturated heterocycles. The molecule has 248 valence electrons. The van der Waals surface area contributed by atoms with Crippen LogP contribution in [0.1, 0.15) is 26.7 Å². The predicted octanol–water partition coefficient (Wildman–Crippen LogP) is 7.59. The molecular weight excluding hydrogens is 639 g/mol. The average Bonchev–Trinajstić information content (AvgIpc) is 3.15. The van der Waals surface area contributed by atoms with Gasteiger partial charge in [-0.1, -0.05) is 48.5 Å². The van der Waals surface area contributed by atoms with Crippen LogP contribution in [0.5, 0.6) is 17.2 Å². The van der Waals surface area contributed by atoms with Crippen LogP contribution in [0.25, 0.3) is 6.08 Å². The van der Waals surface area contributed by atoms with Crippen LogP contribution in [0.3, 0.4) is 0 Å². The van der Waals surface area contributed by atoms with Crippen molar-refractivity contribution in [3.8, 4) is 17.2 Å². The monoisotopic (exact) mass is 673 g/mol. The van der Waals surface area contributed by atoms with Gasteiger partial charge in [-0.05, 0) is 90.5 Å². The van der Waals surface area contributed by atoms with Crippen molar-refractivity contribution in [1.82, 2.24) is 5.32 Å². The summed E-state index contributed by atoms with van der Waals surface area (Å²) >= 11 is 1.38. The fourth-order valence-electron chi connectivity index (χ4n) is 4.78. The van der Waals surface area contributed by atoms with Crippen LogP contribution in [0.4, 0.5) is 11.4 Å². The van der Waals surface area contributed by atoms with Crippen LogP contribution in [-0.4, -0.2) is 39.1 Å². The number of ether oxygens (including phenoxy) is 3. The minimum atomic E-state index is -0.552. The van der Waals surface area contributed by atoms with Gasteiger partial charge in [-0.2, -0.15) is 0 Å². The van der Waals surface area contributed by atoms with Gasteiger partial charge in [-0.3, -0.25) is 14.4 Å². The Kier molecular flexibility index (Phi) is 11.7. The topological polar surface area (TPSA) is 115 Å². The molecule has 3 N–H and O–H groups in total. The highest BCUT2D eigenvalue weighted by molar-refractivity contribution is 8.00. The molecule has 5 aromatic rings. The second-order valence-corrected chi connectivity index (χ2v) is 11.8. The van der Waals surface area contributed by atoms with Crippen molar-refractivity contribution in [2.75, 3.05) is 32.0 Å². The van der Waals surface area contributed by atoms with Gasteiger partial charge >= 0.3 is 0 Å². The Balaban J connectivity index is 1.35. The summed E-state index contributed by atoms with van der Waals surface area (Å²) in [5, 5.41) is 8.06. The van der Waals surface area contributed by atoms with Crippen LogP contribution in [0.2, 0.25) is 0 Å². The molecule has 5 rings (SSSR count). The van der Waals surface area contributed by atoms with Crippen LogP contribution in [-0.2, 0) is 9.59 Å². The first-order valence-electron chi connectivity index (χ1n) is 15.2. The molecule has 0 bridgehead atoms. The summed E-state index contributed by atoms with van der Waals surface area (Å²) in [6.45, 7) is 0. The number of rotatable bonds is 13. The van der Waals surface area contributed by atoms with E-state index in [1.54, 1.807) is 92.0 Å². The molecule has 0 aliphatic heterocycles. The smallest absolute Gasteiger partial charge is 0.272 e. The molecule has 0 heterocycles. The first kappa shape index (κ1) is 34.3. The van der Waals surface area contributed by atoms with Crippen molar-refractivity contribution in [1.29, 1.82) is 0 Å². The maximum atomic E-state index is 13.7. The predicted molar refractivity (Wildman–Crippen MR) is 193 cm³/mol. The number of nitrogens with one attached hydrogen (secondary N) is 3.